The van der Waals surface area contributed by atoms with Gasteiger partial charge in [-0.25, -0.2) is 9.78 Å². The first-order valence-corrected chi connectivity index (χ1v) is 6.00. The van der Waals surface area contributed by atoms with Crippen LogP contribution in [0.2, 0.25) is 0 Å². The van der Waals surface area contributed by atoms with Gasteiger partial charge in [0.1, 0.15) is 5.82 Å². The van der Waals surface area contributed by atoms with Gasteiger partial charge >= 0.3 is 6.03 Å². The number of aromatic nitrogens is 1. The molecule has 3 amide bonds. The van der Waals surface area contributed by atoms with Crippen molar-refractivity contribution in [2.45, 2.75) is 6.92 Å². The lowest BCUT2D eigenvalue weighted by molar-refractivity contribution is -0.114. The van der Waals surface area contributed by atoms with E-state index in [4.69, 9.17) is 0 Å². The molecule has 2 aromatic rings. The first-order valence-electron chi connectivity index (χ1n) is 6.00. The second kappa shape index (κ2) is 6.33. The van der Waals surface area contributed by atoms with E-state index in [2.05, 4.69) is 20.9 Å². The van der Waals surface area contributed by atoms with Gasteiger partial charge in [0.05, 0.1) is 0 Å². The highest BCUT2D eigenvalue weighted by molar-refractivity contribution is 5.99. The number of anilines is 3. The van der Waals surface area contributed by atoms with E-state index in [1.54, 1.807) is 48.7 Å². The van der Waals surface area contributed by atoms with Crippen molar-refractivity contribution in [1.82, 2.24) is 4.98 Å². The number of hydrogen-bond acceptors (Lipinski definition) is 3. The summed E-state index contributed by atoms with van der Waals surface area (Å²) >= 11 is 0. The number of nitrogens with zero attached hydrogens (tertiary/aromatic N) is 1. The zero-order valence-electron chi connectivity index (χ0n) is 10.9. The van der Waals surface area contributed by atoms with Crippen molar-refractivity contribution in [3.05, 3.63) is 48.7 Å². The van der Waals surface area contributed by atoms with E-state index in [1.165, 1.54) is 6.92 Å². The second-order valence-corrected chi connectivity index (χ2v) is 4.06. The largest absolute Gasteiger partial charge is 0.326 e. The third kappa shape index (κ3) is 4.09. The van der Waals surface area contributed by atoms with Gasteiger partial charge in [-0.2, -0.15) is 0 Å². The van der Waals surface area contributed by atoms with Crippen LogP contribution < -0.4 is 16.0 Å². The van der Waals surface area contributed by atoms with Crippen molar-refractivity contribution in [3.63, 3.8) is 0 Å². The van der Waals surface area contributed by atoms with E-state index < -0.39 is 6.03 Å². The summed E-state index contributed by atoms with van der Waals surface area (Å²) < 4.78 is 0. The molecule has 0 saturated carbocycles. The summed E-state index contributed by atoms with van der Waals surface area (Å²) in [4.78, 5) is 26.7. The molecule has 102 valence electrons. The van der Waals surface area contributed by atoms with Crippen LogP contribution in [0.3, 0.4) is 0 Å². The van der Waals surface area contributed by atoms with Crippen molar-refractivity contribution in [2.24, 2.45) is 0 Å². The maximum atomic E-state index is 11.8. The van der Waals surface area contributed by atoms with Gasteiger partial charge in [0.2, 0.25) is 5.91 Å². The van der Waals surface area contributed by atoms with E-state index in [0.717, 1.165) is 0 Å². The van der Waals surface area contributed by atoms with Crippen LogP contribution in [-0.4, -0.2) is 16.9 Å². The van der Waals surface area contributed by atoms with Crippen LogP contribution in [0.25, 0.3) is 0 Å². The lowest BCUT2D eigenvalue weighted by Gasteiger charge is -2.08. The zero-order valence-corrected chi connectivity index (χ0v) is 10.9. The van der Waals surface area contributed by atoms with Crippen molar-refractivity contribution >= 4 is 29.1 Å². The molecule has 1 aromatic heterocycles. The molecule has 0 fully saturated rings. The molecule has 0 aliphatic heterocycles. The predicted molar refractivity (Wildman–Crippen MR) is 77.6 cm³/mol. The summed E-state index contributed by atoms with van der Waals surface area (Å²) in [5.41, 5.74) is 1.19. The van der Waals surface area contributed by atoms with E-state index >= 15 is 0 Å². The van der Waals surface area contributed by atoms with Crippen LogP contribution in [0.4, 0.5) is 22.0 Å². The van der Waals surface area contributed by atoms with Crippen molar-refractivity contribution in [2.75, 3.05) is 16.0 Å². The molecule has 0 bridgehead atoms. The molecular formula is C14H14N4O2. The summed E-state index contributed by atoms with van der Waals surface area (Å²) in [6.45, 7) is 1.42. The molecule has 2 rings (SSSR count). The highest BCUT2D eigenvalue weighted by atomic mass is 16.2. The highest BCUT2D eigenvalue weighted by Gasteiger charge is 2.04. The summed E-state index contributed by atoms with van der Waals surface area (Å²) in [5.74, 6) is 0.295. The Labute approximate surface area is 116 Å². The number of pyridine rings is 1. The number of carbonyl (C=O) groups excluding carboxylic acids is 2. The van der Waals surface area contributed by atoms with Crippen LogP contribution >= 0.6 is 0 Å². The van der Waals surface area contributed by atoms with Gasteiger partial charge in [0, 0.05) is 24.5 Å². The minimum Gasteiger partial charge on any atom is -0.326 e. The maximum absolute atomic E-state index is 11.8. The Morgan fingerprint density at radius 3 is 2.35 bits per heavy atom. The number of nitrogens with one attached hydrogen (secondary N) is 3. The third-order valence-corrected chi connectivity index (χ3v) is 2.35. The Kier molecular flexibility index (Phi) is 4.28. The summed E-state index contributed by atoms with van der Waals surface area (Å²) in [5, 5.41) is 7.91. The number of amides is 3. The Hall–Kier alpha value is -2.89. The van der Waals surface area contributed by atoms with Crippen LogP contribution in [0.1, 0.15) is 6.92 Å². The molecule has 3 N–H and O–H groups in total. The van der Waals surface area contributed by atoms with Gasteiger partial charge in [0.25, 0.3) is 0 Å². The van der Waals surface area contributed by atoms with Crippen LogP contribution in [-0.2, 0) is 4.79 Å². The number of urea groups is 1. The van der Waals surface area contributed by atoms with E-state index in [-0.39, 0.29) is 5.91 Å². The second-order valence-electron chi connectivity index (χ2n) is 4.06. The molecule has 0 aliphatic carbocycles. The fourth-order valence-electron chi connectivity index (χ4n) is 1.59. The Balaban J connectivity index is 1.99. The van der Waals surface area contributed by atoms with Crippen molar-refractivity contribution in [1.29, 1.82) is 0 Å². The molecule has 6 nitrogen and oxygen atoms in total. The molecule has 0 radical (unpaired) electrons. The first kappa shape index (κ1) is 13.5. The van der Waals surface area contributed by atoms with E-state index in [9.17, 15) is 9.59 Å². The van der Waals surface area contributed by atoms with Crippen molar-refractivity contribution < 1.29 is 9.59 Å². The fraction of sp³-hybridized carbons (Fsp3) is 0.0714. The summed E-state index contributed by atoms with van der Waals surface area (Å²) in [6, 6.07) is 11.7. The molecule has 0 aliphatic rings. The smallest absolute Gasteiger partial charge is 0.324 e. The van der Waals surface area contributed by atoms with Gasteiger partial charge in [-0.15, -0.1) is 0 Å². The van der Waals surface area contributed by atoms with Gasteiger partial charge in [-0.1, -0.05) is 12.1 Å². The molecule has 0 saturated heterocycles. The maximum Gasteiger partial charge on any atom is 0.324 e. The van der Waals surface area contributed by atoms with Crippen LogP contribution in [0.15, 0.2) is 48.7 Å². The fourth-order valence-corrected chi connectivity index (χ4v) is 1.59. The molecule has 0 atom stereocenters. The minimum atomic E-state index is -0.399. The minimum absolute atomic E-state index is 0.167. The van der Waals surface area contributed by atoms with Crippen LogP contribution in [0.5, 0.6) is 0 Å². The Bertz CT molecular complexity index is 614. The summed E-state index contributed by atoms with van der Waals surface area (Å²) in [7, 11) is 0. The quantitative estimate of drug-likeness (QED) is 0.801. The lowest BCUT2D eigenvalue weighted by Crippen LogP contribution is -2.20. The Morgan fingerprint density at radius 2 is 1.70 bits per heavy atom. The Morgan fingerprint density at radius 1 is 0.950 bits per heavy atom. The standard InChI is InChI=1S/C14H14N4O2/c1-10(19)16-11-5-4-6-12(9-11)17-14(20)18-13-7-2-3-8-15-13/h2-9H,1H3,(H,16,19)(H2,15,17,18,20). The molecule has 1 aromatic carbocycles. The lowest BCUT2D eigenvalue weighted by atomic mass is 10.3. The number of hydrogen-bond donors (Lipinski definition) is 3. The van der Waals surface area contributed by atoms with E-state index in [1.807, 2.05) is 0 Å². The first-order chi connectivity index (χ1) is 9.63. The van der Waals surface area contributed by atoms with Crippen LogP contribution in [0, 0.1) is 0 Å². The van der Waals surface area contributed by atoms with Gasteiger partial charge in [-0.3, -0.25) is 10.1 Å². The average Bonchev–Trinajstić information content (AvgIpc) is 2.39. The van der Waals surface area contributed by atoms with Gasteiger partial charge < -0.3 is 10.6 Å². The van der Waals surface area contributed by atoms with Gasteiger partial charge in [-0.05, 0) is 30.3 Å². The molecule has 0 unspecified atom stereocenters. The molecular weight excluding hydrogens is 256 g/mol. The monoisotopic (exact) mass is 270 g/mol. The number of benzene rings is 1. The normalized spacial score (nSPS) is 9.65. The zero-order chi connectivity index (χ0) is 14.4. The van der Waals surface area contributed by atoms with Gasteiger partial charge in [0.15, 0.2) is 0 Å². The van der Waals surface area contributed by atoms with E-state index in [0.29, 0.717) is 17.2 Å². The molecule has 20 heavy (non-hydrogen) atoms. The SMILES string of the molecule is CC(=O)Nc1cccc(NC(=O)Nc2ccccn2)c1. The average molecular weight is 270 g/mol. The van der Waals surface area contributed by atoms with Crippen molar-refractivity contribution in [3.8, 4) is 0 Å². The number of rotatable bonds is 3. The number of carbonyl (C=O) groups is 2. The molecule has 1 heterocycles. The summed E-state index contributed by atoms with van der Waals surface area (Å²) in [6.07, 6.45) is 1.59. The predicted octanol–water partition coefficient (Wildman–Crippen LogP) is 2.68. The topological polar surface area (TPSA) is 83.1 Å². The third-order valence-electron chi connectivity index (χ3n) is 2.35. The highest BCUT2D eigenvalue weighted by Crippen LogP contribution is 2.15. The molecule has 6 heteroatoms. The molecule has 0 spiro atoms.